The average Bonchev–Trinajstić information content (AvgIpc) is 2.29. The lowest BCUT2D eigenvalue weighted by Crippen LogP contribution is -2.39. The van der Waals surface area contributed by atoms with Crippen LogP contribution in [-0.4, -0.2) is 35.2 Å². The highest BCUT2D eigenvalue weighted by atomic mass is 16.3. The highest BCUT2D eigenvalue weighted by Gasteiger charge is 2.22. The molecule has 0 bridgehead atoms. The number of aliphatic hydroxyl groups excluding tert-OH is 1. The minimum atomic E-state index is -0.483. The smallest absolute Gasteiger partial charge is 0.252 e. The molecule has 0 radical (unpaired) electrons. The molecule has 1 aromatic rings. The summed E-state index contributed by atoms with van der Waals surface area (Å²) < 4.78 is 0. The highest BCUT2D eigenvalue weighted by Crippen LogP contribution is 2.21. The molecule has 0 aliphatic carbocycles. The normalized spacial score (nSPS) is 20.8. The van der Waals surface area contributed by atoms with E-state index >= 15 is 0 Å². The van der Waals surface area contributed by atoms with Crippen LogP contribution in [0, 0.1) is 0 Å². The topological polar surface area (TPSA) is 79.5 Å². The zero-order valence-electron chi connectivity index (χ0n) is 8.97. The van der Waals surface area contributed by atoms with Crippen molar-refractivity contribution in [2.24, 2.45) is 5.73 Å². The summed E-state index contributed by atoms with van der Waals surface area (Å²) in [5.74, 6) is 0.0944. The van der Waals surface area contributed by atoms with Crippen LogP contribution in [0.3, 0.4) is 0 Å². The molecule has 1 aliphatic rings. The summed E-state index contributed by atoms with van der Waals surface area (Å²) in [7, 11) is 0. The Labute approximate surface area is 93.9 Å². The van der Waals surface area contributed by atoms with Crippen LogP contribution in [0.1, 0.15) is 23.2 Å². The number of anilines is 1. The molecule has 5 nitrogen and oxygen atoms in total. The standard InChI is InChI=1S/C11H15N3O2/c12-10(16)9-4-1-5-13-11(9)14-6-2-3-8(15)7-14/h1,4-5,8,15H,2-3,6-7H2,(H2,12,16). The summed E-state index contributed by atoms with van der Waals surface area (Å²) in [4.78, 5) is 17.3. The summed E-state index contributed by atoms with van der Waals surface area (Å²) in [6.45, 7) is 1.31. The van der Waals surface area contributed by atoms with Crippen molar-refractivity contribution in [1.82, 2.24) is 4.98 Å². The van der Waals surface area contributed by atoms with Crippen LogP contribution in [0.4, 0.5) is 5.82 Å². The molecule has 2 rings (SSSR count). The minimum absolute atomic E-state index is 0.350. The van der Waals surface area contributed by atoms with Gasteiger partial charge in [0.15, 0.2) is 0 Å². The molecule has 5 heteroatoms. The van der Waals surface area contributed by atoms with E-state index < -0.39 is 5.91 Å². The first-order valence-corrected chi connectivity index (χ1v) is 5.36. The van der Waals surface area contributed by atoms with Crippen LogP contribution in [0.5, 0.6) is 0 Å². The number of aliphatic hydroxyl groups is 1. The van der Waals surface area contributed by atoms with E-state index in [1.54, 1.807) is 18.3 Å². The third-order valence-corrected chi connectivity index (χ3v) is 2.75. The van der Waals surface area contributed by atoms with Gasteiger partial charge in [-0.2, -0.15) is 0 Å². The van der Waals surface area contributed by atoms with Gasteiger partial charge in [-0.25, -0.2) is 4.98 Å². The van der Waals surface area contributed by atoms with Crippen LogP contribution < -0.4 is 10.6 Å². The van der Waals surface area contributed by atoms with Crippen LogP contribution in [0.25, 0.3) is 0 Å². The van der Waals surface area contributed by atoms with Crippen molar-refractivity contribution >= 4 is 11.7 Å². The zero-order chi connectivity index (χ0) is 11.5. The molecule has 1 unspecified atom stereocenters. The van der Waals surface area contributed by atoms with Crippen LogP contribution in [-0.2, 0) is 0 Å². The Morgan fingerprint density at radius 3 is 3.12 bits per heavy atom. The van der Waals surface area contributed by atoms with E-state index in [0.717, 1.165) is 19.4 Å². The van der Waals surface area contributed by atoms with E-state index in [-0.39, 0.29) is 6.10 Å². The van der Waals surface area contributed by atoms with Crippen molar-refractivity contribution in [3.63, 3.8) is 0 Å². The van der Waals surface area contributed by atoms with Gasteiger partial charge in [0.25, 0.3) is 5.91 Å². The second-order valence-electron chi connectivity index (χ2n) is 3.98. The summed E-state index contributed by atoms with van der Waals surface area (Å²) >= 11 is 0. The number of carbonyl (C=O) groups is 1. The van der Waals surface area contributed by atoms with Gasteiger partial charge in [0, 0.05) is 19.3 Å². The predicted molar refractivity (Wildman–Crippen MR) is 60.2 cm³/mol. The average molecular weight is 221 g/mol. The molecule has 3 N–H and O–H groups in total. The molecule has 0 spiro atoms. The molecule has 1 saturated heterocycles. The van der Waals surface area contributed by atoms with Crippen LogP contribution >= 0.6 is 0 Å². The molecule has 1 atom stereocenters. The number of aromatic nitrogens is 1. The Morgan fingerprint density at radius 1 is 1.62 bits per heavy atom. The van der Waals surface area contributed by atoms with E-state index in [4.69, 9.17) is 5.73 Å². The summed E-state index contributed by atoms with van der Waals surface area (Å²) in [6.07, 6.45) is 2.98. The Morgan fingerprint density at radius 2 is 2.44 bits per heavy atom. The maximum absolute atomic E-state index is 11.2. The van der Waals surface area contributed by atoms with Crippen molar-refractivity contribution in [3.8, 4) is 0 Å². The molecule has 1 fully saturated rings. The summed E-state index contributed by atoms with van der Waals surface area (Å²) in [5, 5.41) is 9.58. The molecule has 0 aromatic carbocycles. The van der Waals surface area contributed by atoms with Gasteiger partial charge in [-0.3, -0.25) is 4.79 Å². The first-order valence-electron chi connectivity index (χ1n) is 5.36. The number of pyridine rings is 1. The lowest BCUT2D eigenvalue weighted by Gasteiger charge is -2.31. The molecule has 1 aromatic heterocycles. The zero-order valence-corrected chi connectivity index (χ0v) is 8.97. The third kappa shape index (κ3) is 2.14. The number of carbonyl (C=O) groups excluding carboxylic acids is 1. The van der Waals surface area contributed by atoms with E-state index in [1.165, 1.54) is 0 Å². The molecule has 1 amide bonds. The first-order chi connectivity index (χ1) is 7.68. The van der Waals surface area contributed by atoms with Crippen molar-refractivity contribution in [2.45, 2.75) is 18.9 Å². The number of hydrogen-bond donors (Lipinski definition) is 2. The second kappa shape index (κ2) is 4.49. The Kier molecular flexibility index (Phi) is 3.05. The van der Waals surface area contributed by atoms with Crippen LogP contribution in [0.2, 0.25) is 0 Å². The van der Waals surface area contributed by atoms with E-state index in [2.05, 4.69) is 4.98 Å². The fraction of sp³-hybridized carbons (Fsp3) is 0.455. The maximum Gasteiger partial charge on any atom is 0.252 e. The first kappa shape index (κ1) is 10.9. The van der Waals surface area contributed by atoms with E-state index in [9.17, 15) is 9.90 Å². The van der Waals surface area contributed by atoms with Gasteiger partial charge < -0.3 is 15.7 Å². The largest absolute Gasteiger partial charge is 0.391 e. The predicted octanol–water partition coefficient (Wildman–Crippen LogP) is 0.142. The Hall–Kier alpha value is -1.62. The highest BCUT2D eigenvalue weighted by molar-refractivity contribution is 5.97. The molecule has 0 saturated carbocycles. The van der Waals surface area contributed by atoms with Gasteiger partial charge in [-0.15, -0.1) is 0 Å². The third-order valence-electron chi connectivity index (χ3n) is 2.75. The maximum atomic E-state index is 11.2. The van der Waals surface area contributed by atoms with Crippen molar-refractivity contribution in [3.05, 3.63) is 23.9 Å². The molecular formula is C11H15N3O2. The van der Waals surface area contributed by atoms with Gasteiger partial charge in [-0.05, 0) is 25.0 Å². The van der Waals surface area contributed by atoms with Crippen molar-refractivity contribution in [1.29, 1.82) is 0 Å². The fourth-order valence-electron chi connectivity index (χ4n) is 1.99. The monoisotopic (exact) mass is 221 g/mol. The molecule has 1 aliphatic heterocycles. The lowest BCUT2D eigenvalue weighted by molar-refractivity contribution is 0.0999. The number of β-amino-alcohol motifs (C(OH)–C–C–N with tert-alkyl or cyclic N) is 1. The number of amides is 1. The molecule has 2 heterocycles. The number of rotatable bonds is 2. The molecular weight excluding hydrogens is 206 g/mol. The van der Waals surface area contributed by atoms with Gasteiger partial charge in [0.05, 0.1) is 11.7 Å². The van der Waals surface area contributed by atoms with Crippen LogP contribution in [0.15, 0.2) is 18.3 Å². The van der Waals surface area contributed by atoms with Gasteiger partial charge in [-0.1, -0.05) is 0 Å². The number of primary amides is 1. The van der Waals surface area contributed by atoms with Gasteiger partial charge in [0.2, 0.25) is 0 Å². The fourth-order valence-corrected chi connectivity index (χ4v) is 1.99. The van der Waals surface area contributed by atoms with E-state index in [0.29, 0.717) is 17.9 Å². The van der Waals surface area contributed by atoms with E-state index in [1.807, 2.05) is 4.90 Å². The Balaban J connectivity index is 2.28. The van der Waals surface area contributed by atoms with Gasteiger partial charge in [0.1, 0.15) is 5.82 Å². The minimum Gasteiger partial charge on any atom is -0.391 e. The molecule has 16 heavy (non-hydrogen) atoms. The van der Waals surface area contributed by atoms with Crippen molar-refractivity contribution < 1.29 is 9.90 Å². The second-order valence-corrected chi connectivity index (χ2v) is 3.98. The number of piperidine rings is 1. The number of nitrogens with zero attached hydrogens (tertiary/aromatic N) is 2. The Bertz CT molecular complexity index is 395. The number of nitrogens with two attached hydrogens (primary N) is 1. The summed E-state index contributed by atoms with van der Waals surface area (Å²) in [5.41, 5.74) is 5.70. The quantitative estimate of drug-likeness (QED) is 0.744. The lowest BCUT2D eigenvalue weighted by atomic mass is 10.1. The number of hydrogen-bond acceptors (Lipinski definition) is 4. The SMILES string of the molecule is NC(=O)c1cccnc1N1CCCC(O)C1. The van der Waals surface area contributed by atoms with Gasteiger partial charge >= 0.3 is 0 Å². The van der Waals surface area contributed by atoms with Crippen molar-refractivity contribution in [2.75, 3.05) is 18.0 Å². The summed E-state index contributed by atoms with van der Waals surface area (Å²) in [6, 6.07) is 3.34. The molecule has 86 valence electrons.